The number of carbonyl (C=O) groups excluding carboxylic acids is 2. The van der Waals surface area contributed by atoms with Crippen LogP contribution in [0.25, 0.3) is 0 Å². The van der Waals surface area contributed by atoms with Crippen LogP contribution in [0.5, 0.6) is 23.0 Å². The quantitative estimate of drug-likeness (QED) is 0.100. The number of unbranched alkanes of at least 4 members (excludes halogenated alkanes) is 10. The molecular weight excluding hydrogens is 512 g/mol. The van der Waals surface area contributed by atoms with Crippen LogP contribution in [-0.4, -0.2) is 37.4 Å². The summed E-state index contributed by atoms with van der Waals surface area (Å²) in [7, 11) is 1.56. The number of ether oxygens (including phenoxy) is 3. The van der Waals surface area contributed by atoms with Gasteiger partial charge in [0, 0.05) is 13.0 Å². The summed E-state index contributed by atoms with van der Waals surface area (Å²) in [5, 5.41) is 9.91. The number of aryl methyl sites for hydroxylation is 1. The molecule has 222 valence electrons. The summed E-state index contributed by atoms with van der Waals surface area (Å²) in [6.07, 6.45) is 14.2. The number of carbonyl (C=O) groups is 2. The average molecular weight is 559 g/mol. The van der Waals surface area contributed by atoms with Gasteiger partial charge in [-0.2, -0.15) is 0 Å². The van der Waals surface area contributed by atoms with Crippen LogP contribution < -0.4 is 14.2 Å². The van der Waals surface area contributed by atoms with Crippen LogP contribution in [0.2, 0.25) is 0 Å². The highest BCUT2D eigenvalue weighted by Crippen LogP contribution is 2.30. The minimum absolute atomic E-state index is 0.161. The number of phenols is 1. The summed E-state index contributed by atoms with van der Waals surface area (Å²) in [6.45, 7) is 4.40. The van der Waals surface area contributed by atoms with E-state index in [1.54, 1.807) is 31.4 Å². The SMILES string of the molecule is CCCCCCCCCCOc1cc(OCCCCCCc2cccc(O)c2OC)cc(C(=O)OOC(C)=O)c1. The summed E-state index contributed by atoms with van der Waals surface area (Å²) in [5.74, 6) is 0.198. The molecule has 0 amide bonds. The van der Waals surface area contributed by atoms with Crippen LogP contribution in [0, 0.1) is 0 Å². The molecule has 2 aromatic carbocycles. The predicted molar refractivity (Wildman–Crippen MR) is 154 cm³/mol. The molecule has 2 rings (SSSR count). The molecule has 0 fully saturated rings. The largest absolute Gasteiger partial charge is 0.504 e. The van der Waals surface area contributed by atoms with Gasteiger partial charge in [-0.3, -0.25) is 0 Å². The summed E-state index contributed by atoms with van der Waals surface area (Å²) in [6, 6.07) is 10.3. The van der Waals surface area contributed by atoms with Gasteiger partial charge in [-0.1, -0.05) is 76.8 Å². The normalized spacial score (nSPS) is 10.7. The third-order valence-electron chi connectivity index (χ3n) is 6.51. The van der Waals surface area contributed by atoms with Crippen LogP contribution in [0.15, 0.2) is 36.4 Å². The van der Waals surface area contributed by atoms with Gasteiger partial charge in [0.05, 0.1) is 25.9 Å². The Morgan fingerprint density at radius 3 is 1.90 bits per heavy atom. The van der Waals surface area contributed by atoms with Crippen molar-refractivity contribution < 1.29 is 38.7 Å². The maximum Gasteiger partial charge on any atom is 0.386 e. The number of aromatic hydroxyl groups is 1. The maximum atomic E-state index is 12.4. The van der Waals surface area contributed by atoms with E-state index >= 15 is 0 Å². The van der Waals surface area contributed by atoms with Gasteiger partial charge in [0.2, 0.25) is 0 Å². The Morgan fingerprint density at radius 2 is 1.32 bits per heavy atom. The molecule has 40 heavy (non-hydrogen) atoms. The first-order valence-corrected chi connectivity index (χ1v) is 14.6. The van der Waals surface area contributed by atoms with Gasteiger partial charge < -0.3 is 19.3 Å². The molecule has 8 nitrogen and oxygen atoms in total. The van der Waals surface area contributed by atoms with Crippen LogP contribution in [-0.2, 0) is 21.0 Å². The Balaban J connectivity index is 1.79. The lowest BCUT2D eigenvalue weighted by Gasteiger charge is -2.12. The summed E-state index contributed by atoms with van der Waals surface area (Å²) >= 11 is 0. The average Bonchev–Trinajstić information content (AvgIpc) is 2.94. The Bertz CT molecular complexity index is 1020. The lowest BCUT2D eigenvalue weighted by atomic mass is 10.0. The molecule has 2 aromatic rings. The van der Waals surface area contributed by atoms with Crippen LogP contribution in [0.4, 0.5) is 0 Å². The first-order chi connectivity index (χ1) is 19.4. The highest BCUT2D eigenvalue weighted by atomic mass is 17.2. The predicted octanol–water partition coefficient (Wildman–Crippen LogP) is 7.74. The third-order valence-corrected chi connectivity index (χ3v) is 6.51. The number of rotatable bonds is 20. The highest BCUT2D eigenvalue weighted by molar-refractivity contribution is 5.90. The van der Waals surface area contributed by atoms with Gasteiger partial charge in [-0.15, -0.1) is 0 Å². The van der Waals surface area contributed by atoms with E-state index in [1.807, 2.05) is 12.1 Å². The van der Waals surface area contributed by atoms with Crippen molar-refractivity contribution in [2.45, 2.75) is 97.3 Å². The van der Waals surface area contributed by atoms with Crippen molar-refractivity contribution in [1.82, 2.24) is 0 Å². The number of phenolic OH excluding ortho intramolecular Hbond substituents is 1. The molecule has 0 aliphatic heterocycles. The molecule has 0 bridgehead atoms. The van der Waals surface area contributed by atoms with Crippen molar-refractivity contribution in [2.24, 2.45) is 0 Å². The topological polar surface area (TPSA) is 101 Å². The molecule has 0 aromatic heterocycles. The Labute approximate surface area is 238 Å². The van der Waals surface area contributed by atoms with Crippen LogP contribution in [0.3, 0.4) is 0 Å². The molecular formula is C32H46O8. The second-order valence-electron chi connectivity index (χ2n) is 9.94. The molecule has 0 saturated carbocycles. The zero-order valence-electron chi connectivity index (χ0n) is 24.4. The number of hydrogen-bond donors (Lipinski definition) is 1. The fourth-order valence-electron chi connectivity index (χ4n) is 4.39. The number of methoxy groups -OCH3 is 1. The van der Waals surface area contributed by atoms with Gasteiger partial charge in [0.15, 0.2) is 11.5 Å². The van der Waals surface area contributed by atoms with E-state index in [2.05, 4.69) is 16.7 Å². The molecule has 0 radical (unpaired) electrons. The molecule has 0 spiro atoms. The van der Waals surface area contributed by atoms with Gasteiger partial charge in [0.1, 0.15) is 11.5 Å². The van der Waals surface area contributed by atoms with Crippen molar-refractivity contribution in [3.8, 4) is 23.0 Å². The Morgan fingerprint density at radius 1 is 0.750 bits per heavy atom. The van der Waals surface area contributed by atoms with Gasteiger partial charge in [-0.25, -0.2) is 19.4 Å². The first-order valence-electron chi connectivity index (χ1n) is 14.6. The molecule has 0 heterocycles. The van der Waals surface area contributed by atoms with Crippen molar-refractivity contribution in [3.05, 3.63) is 47.5 Å². The smallest absolute Gasteiger partial charge is 0.386 e. The number of para-hydroxylation sites is 1. The monoisotopic (exact) mass is 558 g/mol. The zero-order chi connectivity index (χ0) is 29.0. The summed E-state index contributed by atoms with van der Waals surface area (Å²) < 4.78 is 17.1. The molecule has 0 atom stereocenters. The molecule has 0 aliphatic carbocycles. The molecule has 0 saturated heterocycles. The standard InChI is InChI=1S/C32H46O8/c1-4-5-6-7-8-9-11-14-20-37-28-22-27(32(35)40-39-25(2)33)23-29(24-28)38-21-15-12-10-13-17-26-18-16-19-30(34)31(26)36-3/h16,18-19,22-24,34H,4-15,17,20-21H2,1-3H3. The number of hydrogen-bond acceptors (Lipinski definition) is 8. The fraction of sp³-hybridized carbons (Fsp3) is 0.562. The van der Waals surface area contributed by atoms with Gasteiger partial charge >= 0.3 is 11.9 Å². The minimum atomic E-state index is -0.792. The van der Waals surface area contributed by atoms with E-state index in [0.717, 1.165) is 57.4 Å². The Kier molecular flexibility index (Phi) is 16.1. The summed E-state index contributed by atoms with van der Waals surface area (Å²) in [5.41, 5.74) is 1.18. The molecule has 0 aliphatic rings. The van der Waals surface area contributed by atoms with E-state index in [9.17, 15) is 14.7 Å². The van der Waals surface area contributed by atoms with E-state index < -0.39 is 11.9 Å². The number of benzene rings is 2. The second kappa shape index (κ2) is 19.6. The zero-order valence-corrected chi connectivity index (χ0v) is 24.4. The van der Waals surface area contributed by atoms with Crippen molar-refractivity contribution >= 4 is 11.9 Å². The van der Waals surface area contributed by atoms with Crippen molar-refractivity contribution in [2.75, 3.05) is 20.3 Å². The fourth-order valence-corrected chi connectivity index (χ4v) is 4.39. The minimum Gasteiger partial charge on any atom is -0.504 e. The van der Waals surface area contributed by atoms with E-state index in [4.69, 9.17) is 14.2 Å². The summed E-state index contributed by atoms with van der Waals surface area (Å²) in [4.78, 5) is 32.4. The van der Waals surface area contributed by atoms with Crippen molar-refractivity contribution in [1.29, 1.82) is 0 Å². The maximum absolute atomic E-state index is 12.4. The first kappa shape index (κ1) is 32.8. The van der Waals surface area contributed by atoms with Crippen LogP contribution >= 0.6 is 0 Å². The molecule has 0 unspecified atom stereocenters. The van der Waals surface area contributed by atoms with Crippen molar-refractivity contribution in [3.63, 3.8) is 0 Å². The Hall–Kier alpha value is -3.42. The van der Waals surface area contributed by atoms with Gasteiger partial charge in [0.25, 0.3) is 0 Å². The lowest BCUT2D eigenvalue weighted by Crippen LogP contribution is -2.10. The molecule has 8 heteroatoms. The highest BCUT2D eigenvalue weighted by Gasteiger charge is 2.15. The van der Waals surface area contributed by atoms with Crippen LogP contribution in [0.1, 0.15) is 107 Å². The van der Waals surface area contributed by atoms with E-state index in [0.29, 0.717) is 30.5 Å². The van der Waals surface area contributed by atoms with Gasteiger partial charge in [-0.05, 0) is 49.4 Å². The second-order valence-corrected chi connectivity index (χ2v) is 9.94. The van der Waals surface area contributed by atoms with E-state index in [1.165, 1.54) is 38.5 Å². The molecule has 1 N–H and O–H groups in total. The third kappa shape index (κ3) is 13.1. The van der Waals surface area contributed by atoms with E-state index in [-0.39, 0.29) is 11.3 Å². The lowest BCUT2D eigenvalue weighted by molar-refractivity contribution is -0.231.